The lowest BCUT2D eigenvalue weighted by atomic mass is 10.2. The van der Waals surface area contributed by atoms with Gasteiger partial charge in [0.05, 0.1) is 0 Å². The highest BCUT2D eigenvalue weighted by molar-refractivity contribution is 7.99. The molecule has 2 rings (SSSR count). The number of nitrogens with zero attached hydrogens (tertiary/aromatic N) is 5. The van der Waals surface area contributed by atoms with E-state index in [2.05, 4.69) is 15.5 Å². The lowest BCUT2D eigenvalue weighted by Gasteiger charge is -2.21. The molecule has 0 bridgehead atoms. The molecule has 1 amide bonds. The average Bonchev–Trinajstić information content (AvgIpc) is 2.95. The zero-order chi connectivity index (χ0) is 16.7. The van der Waals surface area contributed by atoms with Crippen LogP contribution in [-0.4, -0.2) is 43.3 Å². The van der Waals surface area contributed by atoms with E-state index in [1.807, 2.05) is 36.1 Å². The SMILES string of the molecule is CCN(Cc1ccccc1Cl)C(=O)CCCSc1nnnn1C. The van der Waals surface area contributed by atoms with Crippen LogP contribution < -0.4 is 0 Å². The standard InChI is InChI=1S/C15H20ClN5OS/c1-3-21(11-12-7-4-5-8-13(12)16)14(22)9-6-10-23-15-17-18-19-20(15)2/h4-5,7-8H,3,6,9-11H2,1-2H3. The maximum absolute atomic E-state index is 12.3. The highest BCUT2D eigenvalue weighted by atomic mass is 35.5. The second-order valence-electron chi connectivity index (χ2n) is 5.04. The van der Waals surface area contributed by atoms with Gasteiger partial charge in [-0.2, -0.15) is 0 Å². The predicted molar refractivity (Wildman–Crippen MR) is 91.3 cm³/mol. The van der Waals surface area contributed by atoms with Crippen molar-refractivity contribution in [3.05, 3.63) is 34.9 Å². The first-order chi connectivity index (χ1) is 11.1. The van der Waals surface area contributed by atoms with E-state index in [1.54, 1.807) is 23.5 Å². The molecule has 0 fully saturated rings. The number of carbonyl (C=O) groups is 1. The van der Waals surface area contributed by atoms with Crippen LogP contribution in [-0.2, 0) is 18.4 Å². The Labute approximate surface area is 145 Å². The molecular weight excluding hydrogens is 334 g/mol. The quantitative estimate of drug-likeness (QED) is 0.539. The van der Waals surface area contributed by atoms with E-state index < -0.39 is 0 Å². The summed E-state index contributed by atoms with van der Waals surface area (Å²) < 4.78 is 1.63. The van der Waals surface area contributed by atoms with Gasteiger partial charge in [0, 0.05) is 37.3 Å². The van der Waals surface area contributed by atoms with Crippen LogP contribution in [0.15, 0.2) is 29.4 Å². The monoisotopic (exact) mass is 353 g/mol. The molecule has 0 unspecified atom stereocenters. The Balaban J connectivity index is 1.79. The van der Waals surface area contributed by atoms with Gasteiger partial charge < -0.3 is 4.90 Å². The van der Waals surface area contributed by atoms with Crippen LogP contribution in [0.1, 0.15) is 25.3 Å². The van der Waals surface area contributed by atoms with Crippen molar-refractivity contribution >= 4 is 29.3 Å². The molecule has 23 heavy (non-hydrogen) atoms. The van der Waals surface area contributed by atoms with Gasteiger partial charge in [0.25, 0.3) is 0 Å². The number of thioether (sulfide) groups is 1. The van der Waals surface area contributed by atoms with Gasteiger partial charge in [-0.1, -0.05) is 41.6 Å². The molecule has 1 aromatic heterocycles. The molecule has 0 saturated heterocycles. The molecule has 8 heteroatoms. The zero-order valence-corrected chi connectivity index (χ0v) is 14.8. The van der Waals surface area contributed by atoms with Crippen molar-refractivity contribution in [2.75, 3.05) is 12.3 Å². The summed E-state index contributed by atoms with van der Waals surface area (Å²) in [5, 5.41) is 12.7. The average molecular weight is 354 g/mol. The Hall–Kier alpha value is -1.60. The summed E-state index contributed by atoms with van der Waals surface area (Å²) in [6, 6.07) is 7.63. The zero-order valence-electron chi connectivity index (χ0n) is 13.3. The maximum Gasteiger partial charge on any atom is 0.222 e. The molecule has 0 aliphatic heterocycles. The Morgan fingerprint density at radius 3 is 2.83 bits per heavy atom. The number of hydrogen-bond acceptors (Lipinski definition) is 5. The van der Waals surface area contributed by atoms with Crippen LogP contribution in [0.5, 0.6) is 0 Å². The van der Waals surface area contributed by atoms with Gasteiger partial charge >= 0.3 is 0 Å². The summed E-state index contributed by atoms with van der Waals surface area (Å²) in [5.41, 5.74) is 0.976. The molecule has 1 aromatic carbocycles. The Kier molecular flexibility index (Phi) is 6.85. The van der Waals surface area contributed by atoms with E-state index >= 15 is 0 Å². The minimum absolute atomic E-state index is 0.143. The topological polar surface area (TPSA) is 63.9 Å². The summed E-state index contributed by atoms with van der Waals surface area (Å²) in [4.78, 5) is 14.2. The van der Waals surface area contributed by atoms with Gasteiger partial charge in [0.2, 0.25) is 11.1 Å². The largest absolute Gasteiger partial charge is 0.339 e. The first-order valence-electron chi connectivity index (χ1n) is 7.48. The predicted octanol–water partition coefficient (Wildman–Crippen LogP) is 2.78. The molecule has 0 saturated carbocycles. The normalized spacial score (nSPS) is 10.7. The number of rotatable bonds is 8. The van der Waals surface area contributed by atoms with E-state index in [1.165, 1.54) is 0 Å². The lowest BCUT2D eigenvalue weighted by Crippen LogP contribution is -2.30. The highest BCUT2D eigenvalue weighted by Gasteiger charge is 2.13. The molecule has 0 spiro atoms. The summed E-state index contributed by atoms with van der Waals surface area (Å²) in [5.74, 6) is 0.952. The van der Waals surface area contributed by atoms with E-state index in [-0.39, 0.29) is 5.91 Å². The Morgan fingerprint density at radius 2 is 2.17 bits per heavy atom. The first kappa shape index (κ1) is 17.7. The van der Waals surface area contributed by atoms with Gasteiger partial charge in [0.15, 0.2) is 0 Å². The first-order valence-corrected chi connectivity index (χ1v) is 8.84. The third kappa shape index (κ3) is 5.21. The van der Waals surface area contributed by atoms with Crippen molar-refractivity contribution in [1.29, 1.82) is 0 Å². The fourth-order valence-electron chi connectivity index (χ4n) is 2.10. The number of amides is 1. The fraction of sp³-hybridized carbons (Fsp3) is 0.467. The second-order valence-corrected chi connectivity index (χ2v) is 6.51. The Morgan fingerprint density at radius 1 is 1.39 bits per heavy atom. The van der Waals surface area contributed by atoms with Crippen LogP contribution in [0.25, 0.3) is 0 Å². The summed E-state index contributed by atoms with van der Waals surface area (Å²) in [6.07, 6.45) is 1.30. The molecular formula is C15H20ClN5OS. The van der Waals surface area contributed by atoms with Crippen molar-refractivity contribution < 1.29 is 4.79 Å². The molecule has 0 N–H and O–H groups in total. The third-order valence-corrected chi connectivity index (χ3v) is 4.87. The minimum Gasteiger partial charge on any atom is -0.339 e. The molecule has 0 aliphatic rings. The number of aryl methyl sites for hydroxylation is 1. The molecule has 0 radical (unpaired) electrons. The van der Waals surface area contributed by atoms with Crippen LogP contribution >= 0.6 is 23.4 Å². The van der Waals surface area contributed by atoms with Crippen LogP contribution in [0.3, 0.4) is 0 Å². The Bertz CT molecular complexity index is 648. The molecule has 6 nitrogen and oxygen atoms in total. The highest BCUT2D eigenvalue weighted by Crippen LogP contribution is 2.18. The number of tetrazole rings is 1. The fourth-order valence-corrected chi connectivity index (χ4v) is 3.08. The van der Waals surface area contributed by atoms with Crippen molar-refractivity contribution in [2.24, 2.45) is 7.05 Å². The van der Waals surface area contributed by atoms with E-state index in [0.717, 1.165) is 22.9 Å². The van der Waals surface area contributed by atoms with Gasteiger partial charge in [-0.15, -0.1) is 5.10 Å². The van der Waals surface area contributed by atoms with Gasteiger partial charge in [-0.3, -0.25) is 4.79 Å². The summed E-state index contributed by atoms with van der Waals surface area (Å²) >= 11 is 7.72. The number of carbonyl (C=O) groups excluding carboxylic acids is 1. The third-order valence-electron chi connectivity index (χ3n) is 3.40. The second kappa shape index (κ2) is 8.88. The number of hydrogen-bond donors (Lipinski definition) is 0. The molecule has 0 atom stereocenters. The summed E-state index contributed by atoms with van der Waals surface area (Å²) in [7, 11) is 1.80. The number of aromatic nitrogens is 4. The van der Waals surface area contributed by atoms with E-state index in [9.17, 15) is 4.79 Å². The number of halogens is 1. The summed E-state index contributed by atoms with van der Waals surface area (Å²) in [6.45, 7) is 3.20. The smallest absolute Gasteiger partial charge is 0.222 e. The van der Waals surface area contributed by atoms with Crippen molar-refractivity contribution in [1.82, 2.24) is 25.1 Å². The van der Waals surface area contributed by atoms with Gasteiger partial charge in [0.1, 0.15) is 0 Å². The minimum atomic E-state index is 0.143. The van der Waals surface area contributed by atoms with Crippen molar-refractivity contribution in [3.63, 3.8) is 0 Å². The van der Waals surface area contributed by atoms with Crippen LogP contribution in [0.2, 0.25) is 5.02 Å². The van der Waals surface area contributed by atoms with E-state index in [4.69, 9.17) is 11.6 Å². The number of benzene rings is 1. The molecule has 124 valence electrons. The van der Waals surface area contributed by atoms with Crippen molar-refractivity contribution in [2.45, 2.75) is 31.5 Å². The molecule has 0 aliphatic carbocycles. The molecule has 2 aromatic rings. The van der Waals surface area contributed by atoms with Gasteiger partial charge in [-0.25, -0.2) is 4.68 Å². The molecule has 1 heterocycles. The lowest BCUT2D eigenvalue weighted by molar-refractivity contribution is -0.131. The van der Waals surface area contributed by atoms with E-state index in [0.29, 0.717) is 24.5 Å². The van der Waals surface area contributed by atoms with Gasteiger partial charge in [-0.05, 0) is 35.4 Å². The van der Waals surface area contributed by atoms with Crippen LogP contribution in [0.4, 0.5) is 0 Å². The van der Waals surface area contributed by atoms with Crippen LogP contribution in [0, 0.1) is 0 Å². The van der Waals surface area contributed by atoms with Crippen molar-refractivity contribution in [3.8, 4) is 0 Å². The maximum atomic E-state index is 12.3.